The normalized spacial score (nSPS) is 19.9. The number of nitrogens with zero attached hydrogens (tertiary/aromatic N) is 1. The molecule has 0 fully saturated rings. The smallest absolute Gasteiger partial charge is 0.0568 e. The molecule has 2 N–H and O–H groups in total. The highest BCUT2D eigenvalue weighted by Crippen LogP contribution is 2.29. The van der Waals surface area contributed by atoms with E-state index in [9.17, 15) is 0 Å². The van der Waals surface area contributed by atoms with E-state index in [1.54, 1.807) is 11.1 Å². The summed E-state index contributed by atoms with van der Waals surface area (Å²) in [5, 5.41) is 1.63. The number of hydrogen-bond donors (Lipinski definition) is 1. The zero-order valence-electron chi connectivity index (χ0n) is 9.12. The predicted octanol–water partition coefficient (Wildman–Crippen LogP) is 2.73. The Morgan fingerprint density at radius 1 is 1.36 bits per heavy atom. The van der Waals surface area contributed by atoms with Gasteiger partial charge in [0.2, 0.25) is 0 Å². The number of allylic oxidation sites excluding steroid dienone is 5. The molecule has 0 bridgehead atoms. The minimum absolute atomic E-state index is 0.133. The molecule has 1 rings (SSSR count). The van der Waals surface area contributed by atoms with Crippen molar-refractivity contribution in [1.29, 1.82) is 0 Å². The van der Waals surface area contributed by atoms with E-state index in [2.05, 4.69) is 33.4 Å². The topological polar surface area (TPSA) is 29.3 Å². The van der Waals surface area contributed by atoms with Crippen LogP contribution in [0.3, 0.4) is 0 Å². The van der Waals surface area contributed by atoms with Crippen LogP contribution >= 0.6 is 0 Å². The van der Waals surface area contributed by atoms with E-state index in [0.717, 1.165) is 5.70 Å². The maximum Gasteiger partial charge on any atom is 0.0568 e. The molecule has 14 heavy (non-hydrogen) atoms. The summed E-state index contributed by atoms with van der Waals surface area (Å²) in [5.41, 5.74) is 2.31. The molecule has 0 saturated carbocycles. The Balaban J connectivity index is 2.93. The highest BCUT2D eigenvalue weighted by molar-refractivity contribution is 5.37. The largest absolute Gasteiger partial charge is 0.287 e. The summed E-state index contributed by atoms with van der Waals surface area (Å²) in [7, 11) is 0. The lowest BCUT2D eigenvalue weighted by Crippen LogP contribution is -2.27. The SMILES string of the molecule is C=C/C=C1/C=CC(C(C)(C)C)=CN1N. The second-order valence-corrected chi connectivity index (χ2v) is 4.40. The van der Waals surface area contributed by atoms with E-state index >= 15 is 0 Å². The summed E-state index contributed by atoms with van der Waals surface area (Å²) in [6.45, 7) is 10.1. The Bertz CT molecular complexity index is 314. The molecule has 0 atom stereocenters. The molecule has 0 saturated heterocycles. The number of nitrogens with two attached hydrogens (primary N) is 1. The molecule has 0 aromatic heterocycles. The molecule has 0 amide bonds. The van der Waals surface area contributed by atoms with Crippen LogP contribution in [0, 0.1) is 5.41 Å². The Kier molecular flexibility index (Phi) is 2.96. The molecule has 0 aliphatic carbocycles. The molecule has 1 heterocycles. The standard InChI is InChI=1S/C12H18N2/c1-5-6-11-8-7-10(9-14(11)13)12(2,3)4/h5-9H,1,13H2,2-4H3/b11-6-. The monoisotopic (exact) mass is 190 g/mol. The van der Waals surface area contributed by atoms with Gasteiger partial charge in [0.05, 0.1) is 5.70 Å². The van der Waals surface area contributed by atoms with E-state index < -0.39 is 0 Å². The molecule has 0 unspecified atom stereocenters. The summed E-state index contributed by atoms with van der Waals surface area (Å²) >= 11 is 0. The number of hydrogen-bond acceptors (Lipinski definition) is 2. The van der Waals surface area contributed by atoms with Gasteiger partial charge >= 0.3 is 0 Å². The van der Waals surface area contributed by atoms with Gasteiger partial charge in [-0.15, -0.1) is 0 Å². The maximum atomic E-state index is 5.84. The van der Waals surface area contributed by atoms with Crippen LogP contribution in [0.2, 0.25) is 0 Å². The Labute approximate surface area is 86.1 Å². The molecule has 1 aliphatic rings. The molecule has 0 radical (unpaired) electrons. The van der Waals surface area contributed by atoms with Gasteiger partial charge < -0.3 is 0 Å². The first kappa shape index (κ1) is 10.8. The molecule has 0 aromatic rings. The van der Waals surface area contributed by atoms with Crippen LogP contribution in [-0.4, -0.2) is 5.01 Å². The Morgan fingerprint density at radius 2 is 2.00 bits per heavy atom. The highest BCUT2D eigenvalue weighted by atomic mass is 15.4. The van der Waals surface area contributed by atoms with Crippen molar-refractivity contribution in [3.05, 3.63) is 48.4 Å². The summed E-state index contributed by atoms with van der Waals surface area (Å²) < 4.78 is 0. The fourth-order valence-electron chi connectivity index (χ4n) is 1.23. The second-order valence-electron chi connectivity index (χ2n) is 4.40. The zero-order valence-corrected chi connectivity index (χ0v) is 9.12. The Hall–Kier alpha value is -1.28. The van der Waals surface area contributed by atoms with Gasteiger partial charge in [0, 0.05) is 6.20 Å². The first-order chi connectivity index (χ1) is 6.45. The van der Waals surface area contributed by atoms with Crippen molar-refractivity contribution in [2.75, 3.05) is 0 Å². The highest BCUT2D eigenvalue weighted by Gasteiger charge is 2.18. The van der Waals surface area contributed by atoms with Crippen LogP contribution in [-0.2, 0) is 0 Å². The zero-order chi connectivity index (χ0) is 10.8. The van der Waals surface area contributed by atoms with Gasteiger partial charge in [-0.3, -0.25) is 5.01 Å². The van der Waals surface area contributed by atoms with E-state index in [4.69, 9.17) is 5.84 Å². The minimum Gasteiger partial charge on any atom is -0.287 e. The number of hydrazine groups is 1. The summed E-state index contributed by atoms with van der Waals surface area (Å²) in [6.07, 6.45) is 9.66. The molecular weight excluding hydrogens is 172 g/mol. The average molecular weight is 190 g/mol. The van der Waals surface area contributed by atoms with Crippen molar-refractivity contribution in [3.8, 4) is 0 Å². The number of rotatable bonds is 1. The van der Waals surface area contributed by atoms with Crippen LogP contribution < -0.4 is 5.84 Å². The summed E-state index contributed by atoms with van der Waals surface area (Å²) in [6, 6.07) is 0. The van der Waals surface area contributed by atoms with Gasteiger partial charge in [0.1, 0.15) is 0 Å². The van der Waals surface area contributed by atoms with Crippen molar-refractivity contribution >= 4 is 0 Å². The molecule has 2 heteroatoms. The maximum absolute atomic E-state index is 5.84. The van der Waals surface area contributed by atoms with Crippen LogP contribution in [0.1, 0.15) is 20.8 Å². The third-order valence-corrected chi connectivity index (χ3v) is 2.16. The first-order valence-corrected chi connectivity index (χ1v) is 4.72. The van der Waals surface area contributed by atoms with Gasteiger partial charge in [-0.05, 0) is 23.1 Å². The molecular formula is C12H18N2. The minimum atomic E-state index is 0.133. The first-order valence-electron chi connectivity index (χ1n) is 4.72. The average Bonchev–Trinajstić information content (AvgIpc) is 2.07. The summed E-state index contributed by atoms with van der Waals surface area (Å²) in [4.78, 5) is 0. The van der Waals surface area contributed by atoms with E-state index in [-0.39, 0.29) is 5.41 Å². The van der Waals surface area contributed by atoms with Crippen molar-refractivity contribution in [3.63, 3.8) is 0 Å². The third-order valence-electron chi connectivity index (χ3n) is 2.16. The third kappa shape index (κ3) is 2.36. The van der Waals surface area contributed by atoms with Gasteiger partial charge in [-0.25, -0.2) is 5.84 Å². The van der Waals surface area contributed by atoms with E-state index in [1.165, 1.54) is 5.57 Å². The van der Waals surface area contributed by atoms with Crippen molar-refractivity contribution in [2.45, 2.75) is 20.8 Å². The van der Waals surface area contributed by atoms with Gasteiger partial charge in [0.15, 0.2) is 0 Å². The van der Waals surface area contributed by atoms with Crippen molar-refractivity contribution in [1.82, 2.24) is 5.01 Å². The Morgan fingerprint density at radius 3 is 2.43 bits per heavy atom. The molecule has 0 spiro atoms. The van der Waals surface area contributed by atoms with Crippen LogP contribution in [0.4, 0.5) is 0 Å². The van der Waals surface area contributed by atoms with E-state index in [1.807, 2.05) is 18.4 Å². The molecule has 0 aromatic carbocycles. The summed E-state index contributed by atoms with van der Waals surface area (Å²) in [5.74, 6) is 5.84. The van der Waals surface area contributed by atoms with Gasteiger partial charge in [0.25, 0.3) is 0 Å². The molecule has 76 valence electrons. The van der Waals surface area contributed by atoms with Crippen LogP contribution in [0.5, 0.6) is 0 Å². The van der Waals surface area contributed by atoms with Crippen LogP contribution in [0.15, 0.2) is 48.4 Å². The predicted molar refractivity (Wildman–Crippen MR) is 61.0 cm³/mol. The van der Waals surface area contributed by atoms with Crippen LogP contribution in [0.25, 0.3) is 0 Å². The lowest BCUT2D eigenvalue weighted by Gasteiger charge is -2.27. The fraction of sp³-hybridized carbons (Fsp3) is 0.333. The lowest BCUT2D eigenvalue weighted by atomic mass is 9.86. The van der Waals surface area contributed by atoms with Crippen molar-refractivity contribution < 1.29 is 0 Å². The fourth-order valence-corrected chi connectivity index (χ4v) is 1.23. The van der Waals surface area contributed by atoms with Crippen molar-refractivity contribution in [2.24, 2.45) is 11.3 Å². The quantitative estimate of drug-likeness (QED) is 0.644. The second kappa shape index (κ2) is 3.84. The molecule has 1 aliphatic heterocycles. The van der Waals surface area contributed by atoms with Gasteiger partial charge in [-0.2, -0.15) is 0 Å². The lowest BCUT2D eigenvalue weighted by molar-refractivity contribution is 0.454. The molecule has 2 nitrogen and oxygen atoms in total. The van der Waals surface area contributed by atoms with Gasteiger partial charge in [-0.1, -0.05) is 39.5 Å². The van der Waals surface area contributed by atoms with E-state index in [0.29, 0.717) is 0 Å².